The van der Waals surface area contributed by atoms with Crippen LogP contribution in [0.1, 0.15) is 21.8 Å². The van der Waals surface area contributed by atoms with E-state index in [4.69, 9.17) is 9.15 Å². The molecule has 0 aliphatic carbocycles. The van der Waals surface area contributed by atoms with Gasteiger partial charge in [-0.15, -0.1) is 5.10 Å². The maximum absolute atomic E-state index is 12.5. The van der Waals surface area contributed by atoms with Crippen LogP contribution in [0.3, 0.4) is 0 Å². The van der Waals surface area contributed by atoms with Gasteiger partial charge in [0.25, 0.3) is 5.91 Å². The third-order valence-corrected chi connectivity index (χ3v) is 5.83. The van der Waals surface area contributed by atoms with Crippen molar-refractivity contribution in [3.63, 3.8) is 0 Å². The Morgan fingerprint density at radius 1 is 1.17 bits per heavy atom. The van der Waals surface area contributed by atoms with Crippen LogP contribution < -0.4 is 9.64 Å². The summed E-state index contributed by atoms with van der Waals surface area (Å²) in [7, 11) is 1.73. The van der Waals surface area contributed by atoms with Gasteiger partial charge in [-0.25, -0.2) is 14.6 Å². The quantitative estimate of drug-likeness (QED) is 0.310. The molecule has 4 aromatic heterocycles. The number of hydrogen-bond acceptors (Lipinski definition) is 10. The molecule has 180 valence electrons. The molecule has 13 nitrogen and oxygen atoms in total. The molecule has 1 saturated heterocycles. The van der Waals surface area contributed by atoms with E-state index in [0.29, 0.717) is 37.2 Å². The van der Waals surface area contributed by atoms with E-state index in [1.165, 1.54) is 12.6 Å². The average molecular weight is 478 g/mol. The number of fused-ring (bicyclic) bond motifs is 1. The van der Waals surface area contributed by atoms with Gasteiger partial charge in [0.2, 0.25) is 11.7 Å². The van der Waals surface area contributed by atoms with Gasteiger partial charge in [0, 0.05) is 38.9 Å². The van der Waals surface area contributed by atoms with Crippen LogP contribution in [-0.4, -0.2) is 66.6 Å². The SMILES string of the molecule is Cc1cc(C)c2c(Oc3ncnc(N4CCN(C(=O)c5ccco5)CC4)c3[N+](=O)[O-])nn(C)c2n1. The summed E-state index contributed by atoms with van der Waals surface area (Å²) in [6.45, 7) is 5.17. The molecule has 1 fully saturated rings. The molecular weight excluding hydrogens is 456 g/mol. The minimum Gasteiger partial charge on any atom is -0.459 e. The molecule has 0 aromatic carbocycles. The van der Waals surface area contributed by atoms with Crippen LogP contribution in [0.25, 0.3) is 11.0 Å². The van der Waals surface area contributed by atoms with Crippen LogP contribution in [0.2, 0.25) is 0 Å². The number of ether oxygens (including phenoxy) is 1. The summed E-state index contributed by atoms with van der Waals surface area (Å²) in [5.74, 6) is 0.112. The van der Waals surface area contributed by atoms with Crippen LogP contribution in [0, 0.1) is 24.0 Å². The van der Waals surface area contributed by atoms with Gasteiger partial charge in [0.15, 0.2) is 11.4 Å². The third kappa shape index (κ3) is 4.00. The third-order valence-electron chi connectivity index (χ3n) is 5.83. The molecule has 0 N–H and O–H groups in total. The van der Waals surface area contributed by atoms with Crippen LogP contribution in [0.15, 0.2) is 35.2 Å². The fourth-order valence-electron chi connectivity index (χ4n) is 4.21. The van der Waals surface area contributed by atoms with E-state index >= 15 is 0 Å². The summed E-state index contributed by atoms with van der Waals surface area (Å²) in [6, 6.07) is 5.15. The molecule has 13 heteroatoms. The molecule has 1 aliphatic heterocycles. The number of nitrogens with zero attached hydrogens (tertiary/aromatic N) is 8. The largest absolute Gasteiger partial charge is 0.459 e. The highest BCUT2D eigenvalue weighted by atomic mass is 16.6. The van der Waals surface area contributed by atoms with Gasteiger partial charge in [0.1, 0.15) is 6.33 Å². The van der Waals surface area contributed by atoms with Crippen LogP contribution >= 0.6 is 0 Å². The summed E-state index contributed by atoms with van der Waals surface area (Å²) < 4.78 is 12.6. The first kappa shape index (κ1) is 22.3. The summed E-state index contributed by atoms with van der Waals surface area (Å²) in [6.07, 6.45) is 2.66. The number of amides is 1. The Labute approximate surface area is 199 Å². The second-order valence-electron chi connectivity index (χ2n) is 8.17. The van der Waals surface area contributed by atoms with Gasteiger partial charge in [-0.1, -0.05) is 0 Å². The molecule has 0 saturated carbocycles. The van der Waals surface area contributed by atoms with Gasteiger partial charge in [-0.3, -0.25) is 14.9 Å². The number of furan rings is 1. The first-order chi connectivity index (χ1) is 16.8. The summed E-state index contributed by atoms with van der Waals surface area (Å²) in [5, 5.41) is 17.1. The topological polar surface area (TPSA) is 146 Å². The van der Waals surface area contributed by atoms with Crippen molar-refractivity contribution in [3.05, 3.63) is 57.9 Å². The Kier molecular flexibility index (Phi) is 5.51. The first-order valence-corrected chi connectivity index (χ1v) is 10.9. The van der Waals surface area contributed by atoms with Crippen molar-refractivity contribution in [1.29, 1.82) is 0 Å². The highest BCUT2D eigenvalue weighted by Gasteiger charge is 2.33. The average Bonchev–Trinajstić information content (AvgIpc) is 3.47. The lowest BCUT2D eigenvalue weighted by atomic mass is 10.2. The molecule has 5 rings (SSSR count). The predicted molar refractivity (Wildman–Crippen MR) is 124 cm³/mol. The molecular formula is C22H22N8O5. The number of carbonyl (C=O) groups excluding carboxylic acids is 1. The molecule has 0 bridgehead atoms. The minimum absolute atomic E-state index is 0.121. The van der Waals surface area contributed by atoms with Crippen molar-refractivity contribution in [2.75, 3.05) is 31.1 Å². The molecule has 1 aliphatic rings. The zero-order valence-electron chi connectivity index (χ0n) is 19.3. The highest BCUT2D eigenvalue weighted by Crippen LogP contribution is 2.38. The molecule has 5 heterocycles. The van der Waals surface area contributed by atoms with E-state index in [-0.39, 0.29) is 34.9 Å². The molecule has 0 unspecified atom stereocenters. The van der Waals surface area contributed by atoms with Crippen molar-refractivity contribution in [2.45, 2.75) is 13.8 Å². The zero-order valence-corrected chi connectivity index (χ0v) is 19.3. The van der Waals surface area contributed by atoms with Gasteiger partial charge < -0.3 is 19.0 Å². The second-order valence-corrected chi connectivity index (χ2v) is 8.17. The van der Waals surface area contributed by atoms with Crippen molar-refractivity contribution in [3.8, 4) is 11.8 Å². The smallest absolute Gasteiger partial charge is 0.373 e. The van der Waals surface area contributed by atoms with E-state index < -0.39 is 4.92 Å². The van der Waals surface area contributed by atoms with Gasteiger partial charge in [-0.2, -0.15) is 4.98 Å². The number of pyridine rings is 1. The van der Waals surface area contributed by atoms with E-state index in [9.17, 15) is 14.9 Å². The number of hydrogen-bond donors (Lipinski definition) is 0. The predicted octanol–water partition coefficient (Wildman–Crippen LogP) is 2.63. The fourth-order valence-corrected chi connectivity index (χ4v) is 4.21. The Morgan fingerprint density at radius 2 is 1.94 bits per heavy atom. The maximum atomic E-state index is 12.5. The lowest BCUT2D eigenvalue weighted by Gasteiger charge is -2.34. The van der Waals surface area contributed by atoms with Crippen molar-refractivity contribution in [1.82, 2.24) is 29.6 Å². The molecule has 0 radical (unpaired) electrons. The van der Waals surface area contributed by atoms with Gasteiger partial charge >= 0.3 is 11.6 Å². The number of nitro groups is 1. The summed E-state index contributed by atoms with van der Waals surface area (Å²) >= 11 is 0. The molecule has 0 atom stereocenters. The molecule has 35 heavy (non-hydrogen) atoms. The Morgan fingerprint density at radius 3 is 2.63 bits per heavy atom. The monoisotopic (exact) mass is 478 g/mol. The van der Waals surface area contributed by atoms with E-state index in [1.54, 1.807) is 33.7 Å². The highest BCUT2D eigenvalue weighted by molar-refractivity contribution is 5.91. The van der Waals surface area contributed by atoms with Crippen LogP contribution in [-0.2, 0) is 7.05 Å². The summed E-state index contributed by atoms with van der Waals surface area (Å²) in [4.78, 5) is 40.2. The second kappa shape index (κ2) is 8.66. The Balaban J connectivity index is 1.43. The fraction of sp³-hybridized carbons (Fsp3) is 0.318. The normalized spacial score (nSPS) is 13.9. The first-order valence-electron chi connectivity index (χ1n) is 10.9. The number of rotatable bonds is 5. The molecule has 1 amide bonds. The number of aryl methyl sites for hydroxylation is 3. The summed E-state index contributed by atoms with van der Waals surface area (Å²) in [5.41, 5.74) is 1.94. The Hall–Kier alpha value is -4.55. The van der Waals surface area contributed by atoms with Crippen LogP contribution in [0.5, 0.6) is 11.8 Å². The number of aromatic nitrogens is 5. The number of piperazine rings is 1. The standard InChI is InChI=1S/C22H22N8O5/c1-13-11-14(2)25-18-16(13)20(26-27(18)3)35-21-17(30(32)33)19(23-12-24-21)28-6-8-29(9-7-28)22(31)15-5-4-10-34-15/h4-5,10-12H,6-9H2,1-3H3. The molecule has 4 aromatic rings. The minimum atomic E-state index is -0.564. The van der Waals surface area contributed by atoms with E-state index in [2.05, 4.69) is 20.1 Å². The van der Waals surface area contributed by atoms with E-state index in [1.807, 2.05) is 19.9 Å². The number of carbonyl (C=O) groups is 1. The zero-order chi connectivity index (χ0) is 24.7. The number of anilines is 1. The van der Waals surface area contributed by atoms with Gasteiger partial charge in [0.05, 0.1) is 16.6 Å². The molecule has 0 spiro atoms. The lowest BCUT2D eigenvalue weighted by Crippen LogP contribution is -2.49. The van der Waals surface area contributed by atoms with Gasteiger partial charge in [-0.05, 0) is 37.6 Å². The van der Waals surface area contributed by atoms with Crippen molar-refractivity contribution < 1.29 is 18.9 Å². The maximum Gasteiger partial charge on any atom is 0.373 e. The van der Waals surface area contributed by atoms with Crippen molar-refractivity contribution >= 4 is 28.4 Å². The Bertz CT molecular complexity index is 1420. The van der Waals surface area contributed by atoms with Crippen molar-refractivity contribution in [2.24, 2.45) is 7.05 Å². The lowest BCUT2D eigenvalue weighted by molar-refractivity contribution is -0.385. The van der Waals surface area contributed by atoms with E-state index in [0.717, 1.165) is 11.3 Å². The van der Waals surface area contributed by atoms with Crippen LogP contribution in [0.4, 0.5) is 11.5 Å².